The smallest absolute Gasteiger partial charge is 0.353 e. The Kier molecular flexibility index (Phi) is 2.08. The fraction of sp³-hybridized carbons (Fsp3) is 0.0769. The number of nitrogens with zero attached hydrogens (tertiary/aromatic N) is 2. The minimum absolute atomic E-state index is 0.290. The first-order valence-corrected chi connectivity index (χ1v) is 5.32. The fourth-order valence-corrected chi connectivity index (χ4v) is 2.11. The molecule has 3 rings (SSSR count). The lowest BCUT2D eigenvalue weighted by molar-refractivity contribution is -0.131. The van der Waals surface area contributed by atoms with E-state index >= 15 is 0 Å². The van der Waals surface area contributed by atoms with Crippen LogP contribution in [0.2, 0.25) is 0 Å². The van der Waals surface area contributed by atoms with E-state index < -0.39 is 5.97 Å². The molecule has 1 aromatic rings. The first kappa shape index (κ1) is 9.84. The maximum Gasteiger partial charge on any atom is 0.353 e. The first-order chi connectivity index (χ1) is 8.27. The molecular weight excluding hydrogens is 216 g/mol. The number of carboxylic acids is 1. The number of para-hydroxylation sites is 1. The van der Waals surface area contributed by atoms with Crippen LogP contribution in [0.15, 0.2) is 53.3 Å². The summed E-state index contributed by atoms with van der Waals surface area (Å²) in [6, 6.07) is 7.29. The van der Waals surface area contributed by atoms with Gasteiger partial charge in [0.05, 0.1) is 17.3 Å². The highest BCUT2D eigenvalue weighted by Gasteiger charge is 2.23. The van der Waals surface area contributed by atoms with Crippen LogP contribution in [0.3, 0.4) is 0 Å². The summed E-state index contributed by atoms with van der Waals surface area (Å²) in [7, 11) is 0. The van der Waals surface area contributed by atoms with Gasteiger partial charge in [0.2, 0.25) is 0 Å². The molecule has 0 unspecified atom stereocenters. The van der Waals surface area contributed by atoms with Gasteiger partial charge in [-0.05, 0) is 12.1 Å². The van der Waals surface area contributed by atoms with Gasteiger partial charge in [0.1, 0.15) is 5.70 Å². The van der Waals surface area contributed by atoms with Gasteiger partial charge in [0.15, 0.2) is 0 Å². The van der Waals surface area contributed by atoms with Crippen LogP contribution in [0.1, 0.15) is 0 Å². The Hall–Kier alpha value is -2.36. The van der Waals surface area contributed by atoms with Crippen LogP contribution in [0.4, 0.5) is 0 Å². The molecule has 0 bridgehead atoms. The predicted octanol–water partition coefficient (Wildman–Crippen LogP) is 0.226. The van der Waals surface area contributed by atoms with Gasteiger partial charge in [-0.3, -0.25) is 4.99 Å². The molecule has 84 valence electrons. The van der Waals surface area contributed by atoms with Gasteiger partial charge < -0.3 is 10.0 Å². The summed E-state index contributed by atoms with van der Waals surface area (Å²) in [6.07, 6.45) is 5.52. The number of aliphatic carboxylic acids is 1. The van der Waals surface area contributed by atoms with E-state index in [4.69, 9.17) is 0 Å². The van der Waals surface area contributed by atoms with E-state index in [1.165, 1.54) is 0 Å². The summed E-state index contributed by atoms with van der Waals surface area (Å²) >= 11 is 0. The molecule has 1 aromatic carbocycles. The Labute approximate surface area is 97.5 Å². The topological polar surface area (TPSA) is 52.9 Å². The Bertz CT molecular complexity index is 671. The van der Waals surface area contributed by atoms with Gasteiger partial charge in [-0.2, -0.15) is 0 Å². The van der Waals surface area contributed by atoms with E-state index in [-0.39, 0.29) is 5.70 Å². The highest BCUT2D eigenvalue weighted by Crippen LogP contribution is 2.20. The lowest BCUT2D eigenvalue weighted by atomic mass is 10.2. The third kappa shape index (κ3) is 1.45. The molecule has 2 aliphatic rings. The molecule has 17 heavy (non-hydrogen) atoms. The molecule has 2 aliphatic heterocycles. The first-order valence-electron chi connectivity index (χ1n) is 5.32. The van der Waals surface area contributed by atoms with E-state index in [2.05, 4.69) is 4.99 Å². The molecule has 0 atom stereocenters. The normalized spacial score (nSPS) is 16.8. The maximum atomic E-state index is 11.4. The molecular formula is C13H10N2O2. The van der Waals surface area contributed by atoms with Gasteiger partial charge in [-0.25, -0.2) is 4.79 Å². The minimum Gasteiger partial charge on any atom is -0.477 e. The van der Waals surface area contributed by atoms with E-state index in [0.29, 0.717) is 17.1 Å². The van der Waals surface area contributed by atoms with Gasteiger partial charge in [-0.1, -0.05) is 24.3 Å². The van der Waals surface area contributed by atoms with Gasteiger partial charge in [-0.15, -0.1) is 0 Å². The summed E-state index contributed by atoms with van der Waals surface area (Å²) in [5.41, 5.74) is 1.11. The monoisotopic (exact) mass is 226 g/mol. The summed E-state index contributed by atoms with van der Waals surface area (Å²) in [5, 5.41) is 10.7. The van der Waals surface area contributed by atoms with Gasteiger partial charge in [0, 0.05) is 11.8 Å². The van der Waals surface area contributed by atoms with E-state index in [1.54, 1.807) is 17.2 Å². The lowest BCUT2D eigenvalue weighted by Gasteiger charge is -2.19. The largest absolute Gasteiger partial charge is 0.477 e. The highest BCUT2D eigenvalue weighted by atomic mass is 16.4. The minimum atomic E-state index is -0.927. The highest BCUT2D eigenvalue weighted by molar-refractivity contribution is 6.08. The second-order valence-corrected chi connectivity index (χ2v) is 3.87. The third-order valence-corrected chi connectivity index (χ3v) is 2.86. The molecule has 4 heteroatoms. The Morgan fingerprint density at radius 3 is 3.00 bits per heavy atom. The zero-order chi connectivity index (χ0) is 11.8. The van der Waals surface area contributed by atoms with Crippen LogP contribution < -0.4 is 10.6 Å². The summed E-state index contributed by atoms with van der Waals surface area (Å²) in [5.74, 6) is -0.927. The molecule has 0 saturated carbocycles. The predicted molar refractivity (Wildman–Crippen MR) is 62.2 cm³/mol. The fourth-order valence-electron chi connectivity index (χ4n) is 2.11. The van der Waals surface area contributed by atoms with E-state index in [0.717, 1.165) is 5.70 Å². The molecule has 0 fully saturated rings. The van der Waals surface area contributed by atoms with Crippen molar-refractivity contribution in [3.05, 3.63) is 58.9 Å². The molecule has 2 heterocycles. The molecule has 1 N–H and O–H groups in total. The molecule has 0 spiro atoms. The Morgan fingerprint density at radius 1 is 1.35 bits per heavy atom. The third-order valence-electron chi connectivity index (χ3n) is 2.86. The van der Waals surface area contributed by atoms with Crippen LogP contribution in [0.5, 0.6) is 0 Å². The lowest BCUT2D eigenvalue weighted by Crippen LogP contribution is -2.35. The average molecular weight is 226 g/mol. The van der Waals surface area contributed by atoms with Crippen molar-refractivity contribution in [2.24, 2.45) is 4.99 Å². The second-order valence-electron chi connectivity index (χ2n) is 3.87. The van der Waals surface area contributed by atoms with Crippen molar-refractivity contribution in [1.82, 2.24) is 4.90 Å². The van der Waals surface area contributed by atoms with Crippen molar-refractivity contribution in [2.75, 3.05) is 6.54 Å². The molecule has 0 amide bonds. The number of fused-ring (bicyclic) bond motifs is 2. The van der Waals surface area contributed by atoms with Crippen LogP contribution in [-0.4, -0.2) is 22.5 Å². The quantitative estimate of drug-likeness (QED) is 0.745. The van der Waals surface area contributed by atoms with Crippen molar-refractivity contribution in [3.8, 4) is 0 Å². The van der Waals surface area contributed by atoms with Crippen LogP contribution >= 0.6 is 0 Å². The average Bonchev–Trinajstić information content (AvgIpc) is 2.70. The molecule has 4 nitrogen and oxygen atoms in total. The van der Waals surface area contributed by atoms with E-state index in [9.17, 15) is 9.90 Å². The molecule has 0 aliphatic carbocycles. The molecule has 0 aromatic heterocycles. The summed E-state index contributed by atoms with van der Waals surface area (Å²) in [6.45, 7) is 0.581. The number of benzene rings is 1. The Morgan fingerprint density at radius 2 is 2.18 bits per heavy atom. The number of carbonyl (C=O) groups is 1. The molecule has 0 saturated heterocycles. The zero-order valence-corrected chi connectivity index (χ0v) is 9.00. The van der Waals surface area contributed by atoms with Gasteiger partial charge in [0.25, 0.3) is 0 Å². The van der Waals surface area contributed by atoms with Crippen molar-refractivity contribution in [3.63, 3.8) is 0 Å². The summed E-state index contributed by atoms with van der Waals surface area (Å²) < 4.78 is 0. The Balaban J connectivity index is 2.41. The number of rotatable bonds is 1. The standard InChI is InChI=1S/C13H10N2O2/c16-13(17)12-10-5-1-2-6-11(10)14-8-9-4-3-7-15(9)12/h1-6,8H,7H2,(H,16,17). The number of carboxylic acid groups (broad SMARTS) is 1. The maximum absolute atomic E-state index is 11.4. The second kappa shape index (κ2) is 3.59. The van der Waals surface area contributed by atoms with Gasteiger partial charge >= 0.3 is 5.97 Å². The van der Waals surface area contributed by atoms with E-state index in [1.807, 2.05) is 30.4 Å². The van der Waals surface area contributed by atoms with Crippen molar-refractivity contribution in [1.29, 1.82) is 0 Å². The zero-order valence-electron chi connectivity index (χ0n) is 9.00. The van der Waals surface area contributed by atoms with Crippen molar-refractivity contribution in [2.45, 2.75) is 0 Å². The summed E-state index contributed by atoms with van der Waals surface area (Å²) in [4.78, 5) is 17.5. The number of hydrogen-bond donors (Lipinski definition) is 1. The van der Waals surface area contributed by atoms with Crippen LogP contribution in [-0.2, 0) is 4.79 Å². The molecule has 0 radical (unpaired) electrons. The van der Waals surface area contributed by atoms with Crippen LogP contribution in [0.25, 0.3) is 5.70 Å². The van der Waals surface area contributed by atoms with Crippen molar-refractivity contribution < 1.29 is 9.90 Å². The van der Waals surface area contributed by atoms with Crippen molar-refractivity contribution >= 4 is 11.7 Å². The SMILES string of the molecule is O=C(O)C1=c2ccccc2=NC=C2C=CCN21. The number of allylic oxidation sites excluding steroid dienone is 1. The van der Waals surface area contributed by atoms with Crippen LogP contribution in [0, 0.1) is 0 Å². The number of hydrogen-bond acceptors (Lipinski definition) is 3.